The fourth-order valence-corrected chi connectivity index (χ4v) is 2.25. The molecule has 7 heteroatoms. The molecule has 132 valence electrons. The summed E-state index contributed by atoms with van der Waals surface area (Å²) >= 11 is 0. The van der Waals surface area contributed by atoms with E-state index in [1.807, 2.05) is 6.92 Å². The lowest BCUT2D eigenvalue weighted by Gasteiger charge is -2.23. The standard InChI is InChI=1S/C16H26N2O4.ClH/c1-6-7-16(2,17)15(19)18-10-11-8-12(20-3)14(22-5)13(9-11)21-4;/h8-9H,6-7,10,17H2,1-5H3,(H,18,19);1H. The molecule has 23 heavy (non-hydrogen) atoms. The summed E-state index contributed by atoms with van der Waals surface area (Å²) in [5.74, 6) is 1.45. The number of carbonyl (C=O) groups excluding carboxylic acids is 1. The van der Waals surface area contributed by atoms with Crippen LogP contribution in [0.3, 0.4) is 0 Å². The van der Waals surface area contributed by atoms with E-state index in [1.54, 1.807) is 40.4 Å². The Balaban J connectivity index is 0.00000484. The monoisotopic (exact) mass is 346 g/mol. The van der Waals surface area contributed by atoms with Crippen molar-refractivity contribution in [2.75, 3.05) is 21.3 Å². The SMILES string of the molecule is CCCC(C)(N)C(=O)NCc1cc(OC)c(OC)c(OC)c1.Cl. The number of nitrogens with one attached hydrogen (secondary N) is 1. The normalized spacial score (nSPS) is 12.6. The number of rotatable bonds is 8. The highest BCUT2D eigenvalue weighted by Crippen LogP contribution is 2.38. The number of carbonyl (C=O) groups is 1. The highest BCUT2D eigenvalue weighted by molar-refractivity contribution is 5.85. The van der Waals surface area contributed by atoms with Gasteiger partial charge in [-0.25, -0.2) is 0 Å². The van der Waals surface area contributed by atoms with E-state index in [0.717, 1.165) is 12.0 Å². The van der Waals surface area contributed by atoms with Crippen molar-refractivity contribution in [3.05, 3.63) is 17.7 Å². The lowest BCUT2D eigenvalue weighted by atomic mass is 9.96. The molecule has 0 saturated carbocycles. The van der Waals surface area contributed by atoms with Crippen LogP contribution in [0.25, 0.3) is 0 Å². The van der Waals surface area contributed by atoms with Crippen molar-refractivity contribution in [1.29, 1.82) is 0 Å². The molecule has 3 N–H and O–H groups in total. The van der Waals surface area contributed by atoms with Crippen LogP contribution in [0.1, 0.15) is 32.3 Å². The first kappa shape index (κ1) is 21.3. The summed E-state index contributed by atoms with van der Waals surface area (Å²) in [6.07, 6.45) is 1.48. The number of amides is 1. The molecular formula is C16H27ClN2O4. The van der Waals surface area contributed by atoms with Crippen LogP contribution in [0.15, 0.2) is 12.1 Å². The zero-order valence-electron chi connectivity index (χ0n) is 14.4. The Morgan fingerprint density at radius 3 is 2.09 bits per heavy atom. The number of ether oxygens (including phenoxy) is 3. The number of hydrogen-bond acceptors (Lipinski definition) is 5. The first-order valence-electron chi connectivity index (χ1n) is 7.25. The summed E-state index contributed by atoms with van der Waals surface area (Å²) in [5.41, 5.74) is 5.99. The van der Waals surface area contributed by atoms with Crippen LogP contribution in [-0.4, -0.2) is 32.8 Å². The average molecular weight is 347 g/mol. The maximum atomic E-state index is 12.1. The van der Waals surface area contributed by atoms with Gasteiger partial charge in [0, 0.05) is 6.54 Å². The first-order valence-corrected chi connectivity index (χ1v) is 7.25. The molecule has 0 bridgehead atoms. The van der Waals surface area contributed by atoms with Crippen LogP contribution >= 0.6 is 12.4 Å². The van der Waals surface area contributed by atoms with E-state index in [-0.39, 0.29) is 18.3 Å². The number of nitrogens with two attached hydrogens (primary N) is 1. The fourth-order valence-electron chi connectivity index (χ4n) is 2.25. The second-order valence-electron chi connectivity index (χ2n) is 5.38. The third kappa shape index (κ3) is 5.48. The van der Waals surface area contributed by atoms with Crippen molar-refractivity contribution in [1.82, 2.24) is 5.32 Å². The quantitative estimate of drug-likeness (QED) is 0.754. The van der Waals surface area contributed by atoms with E-state index in [1.165, 1.54) is 0 Å². The highest BCUT2D eigenvalue weighted by atomic mass is 35.5. The van der Waals surface area contributed by atoms with Crippen LogP contribution in [0, 0.1) is 0 Å². The molecule has 0 saturated heterocycles. The van der Waals surface area contributed by atoms with E-state index in [4.69, 9.17) is 19.9 Å². The summed E-state index contributed by atoms with van der Waals surface area (Å²) < 4.78 is 15.8. The largest absolute Gasteiger partial charge is 0.493 e. The molecule has 0 fully saturated rings. The van der Waals surface area contributed by atoms with Gasteiger partial charge < -0.3 is 25.3 Å². The number of methoxy groups -OCH3 is 3. The van der Waals surface area contributed by atoms with Gasteiger partial charge in [-0.1, -0.05) is 13.3 Å². The Morgan fingerprint density at radius 1 is 1.17 bits per heavy atom. The molecular weight excluding hydrogens is 320 g/mol. The van der Waals surface area contributed by atoms with Gasteiger partial charge >= 0.3 is 0 Å². The molecule has 1 atom stereocenters. The van der Waals surface area contributed by atoms with Crippen LogP contribution in [-0.2, 0) is 11.3 Å². The Morgan fingerprint density at radius 2 is 1.70 bits per heavy atom. The second kappa shape index (κ2) is 9.47. The van der Waals surface area contributed by atoms with E-state index < -0.39 is 5.54 Å². The van der Waals surface area contributed by atoms with Gasteiger partial charge in [0.15, 0.2) is 11.5 Å². The number of benzene rings is 1. The summed E-state index contributed by atoms with van der Waals surface area (Å²) in [6.45, 7) is 4.07. The molecule has 6 nitrogen and oxygen atoms in total. The lowest BCUT2D eigenvalue weighted by Crippen LogP contribution is -2.51. The second-order valence-corrected chi connectivity index (χ2v) is 5.38. The first-order chi connectivity index (χ1) is 10.4. The zero-order valence-corrected chi connectivity index (χ0v) is 15.2. The van der Waals surface area contributed by atoms with E-state index in [9.17, 15) is 4.79 Å². The topological polar surface area (TPSA) is 82.8 Å². The van der Waals surface area contributed by atoms with Crippen molar-refractivity contribution in [2.45, 2.75) is 38.8 Å². The predicted molar refractivity (Wildman–Crippen MR) is 92.7 cm³/mol. The molecule has 0 heterocycles. The molecule has 1 unspecified atom stereocenters. The average Bonchev–Trinajstić information content (AvgIpc) is 2.51. The minimum absolute atomic E-state index is 0. The van der Waals surface area contributed by atoms with Crippen molar-refractivity contribution in [3.63, 3.8) is 0 Å². The van der Waals surface area contributed by atoms with Crippen molar-refractivity contribution in [3.8, 4) is 17.2 Å². The molecule has 0 aliphatic heterocycles. The minimum Gasteiger partial charge on any atom is -0.493 e. The number of halogens is 1. The van der Waals surface area contributed by atoms with Crippen molar-refractivity contribution < 1.29 is 19.0 Å². The van der Waals surface area contributed by atoms with Gasteiger partial charge in [-0.2, -0.15) is 0 Å². The highest BCUT2D eigenvalue weighted by Gasteiger charge is 2.26. The van der Waals surface area contributed by atoms with Crippen molar-refractivity contribution in [2.24, 2.45) is 5.73 Å². The molecule has 0 spiro atoms. The van der Waals surface area contributed by atoms with Crippen LogP contribution in [0.2, 0.25) is 0 Å². The van der Waals surface area contributed by atoms with E-state index in [0.29, 0.717) is 30.2 Å². The Bertz CT molecular complexity index is 496. The molecule has 1 amide bonds. The Kier molecular flexibility index (Phi) is 8.79. The van der Waals surface area contributed by atoms with Gasteiger partial charge in [0.1, 0.15) is 0 Å². The van der Waals surface area contributed by atoms with Crippen molar-refractivity contribution >= 4 is 18.3 Å². The van der Waals surface area contributed by atoms with E-state index >= 15 is 0 Å². The molecule has 0 radical (unpaired) electrons. The maximum Gasteiger partial charge on any atom is 0.240 e. The number of hydrogen-bond donors (Lipinski definition) is 2. The molecule has 0 aliphatic rings. The molecule has 0 aliphatic carbocycles. The summed E-state index contributed by atoms with van der Waals surface area (Å²) in [4.78, 5) is 12.1. The van der Waals surface area contributed by atoms with Gasteiger partial charge in [-0.3, -0.25) is 4.79 Å². The zero-order chi connectivity index (χ0) is 16.8. The van der Waals surface area contributed by atoms with Gasteiger partial charge in [0.25, 0.3) is 0 Å². The summed E-state index contributed by atoms with van der Waals surface area (Å²) in [5, 5.41) is 2.85. The van der Waals surface area contributed by atoms with E-state index in [2.05, 4.69) is 5.32 Å². The van der Waals surface area contributed by atoms with Gasteiger partial charge in [0.2, 0.25) is 11.7 Å². The molecule has 1 aromatic carbocycles. The Labute approximate surface area is 144 Å². The maximum absolute atomic E-state index is 12.1. The summed E-state index contributed by atoms with van der Waals surface area (Å²) in [6, 6.07) is 3.60. The minimum atomic E-state index is -0.866. The van der Waals surface area contributed by atoms with Gasteiger partial charge in [0.05, 0.1) is 26.9 Å². The Hall–Kier alpha value is -1.66. The molecule has 1 aromatic rings. The lowest BCUT2D eigenvalue weighted by molar-refractivity contribution is -0.126. The van der Waals surface area contributed by atoms with Crippen LogP contribution < -0.4 is 25.3 Å². The molecule has 1 rings (SSSR count). The van der Waals surface area contributed by atoms with Crippen LogP contribution in [0.5, 0.6) is 17.2 Å². The third-order valence-electron chi connectivity index (χ3n) is 3.47. The smallest absolute Gasteiger partial charge is 0.240 e. The van der Waals surface area contributed by atoms with Crippen LogP contribution in [0.4, 0.5) is 0 Å². The van der Waals surface area contributed by atoms with Gasteiger partial charge in [-0.05, 0) is 31.0 Å². The third-order valence-corrected chi connectivity index (χ3v) is 3.47. The fraction of sp³-hybridized carbons (Fsp3) is 0.562. The summed E-state index contributed by atoms with van der Waals surface area (Å²) in [7, 11) is 4.65. The van der Waals surface area contributed by atoms with Gasteiger partial charge in [-0.15, -0.1) is 12.4 Å². The molecule has 0 aromatic heterocycles. The predicted octanol–water partition coefficient (Wildman–Crippen LogP) is 2.27.